The molecule has 0 aromatic heterocycles. The summed E-state index contributed by atoms with van der Waals surface area (Å²) in [6, 6.07) is 24.5. The number of hydrogen-bond acceptors (Lipinski definition) is 2. The van der Waals surface area contributed by atoms with Crippen molar-refractivity contribution in [3.05, 3.63) is 93.4 Å². The van der Waals surface area contributed by atoms with E-state index >= 15 is 0 Å². The maximum absolute atomic E-state index is 6.39. The third kappa shape index (κ3) is 4.76. The molecule has 122 valence electrons. The Hall–Kier alpha value is -1.97. The van der Waals surface area contributed by atoms with Gasteiger partial charge in [-0.2, -0.15) is 0 Å². The second kappa shape index (κ2) is 8.22. The molecule has 3 aromatic carbocycles. The molecule has 0 unspecified atom stereocenters. The predicted molar refractivity (Wildman–Crippen MR) is 107 cm³/mol. The van der Waals surface area contributed by atoms with Gasteiger partial charge in [0, 0.05) is 23.2 Å². The minimum absolute atomic E-state index is 0.715. The second-order valence-electron chi connectivity index (χ2n) is 5.51. The van der Waals surface area contributed by atoms with E-state index in [9.17, 15) is 0 Å². The van der Waals surface area contributed by atoms with E-state index in [4.69, 9.17) is 11.6 Å². The van der Waals surface area contributed by atoms with Crippen molar-refractivity contribution in [1.82, 2.24) is 0 Å². The first kappa shape index (κ1) is 16.9. The largest absolute Gasteiger partial charge is 0.381 e. The number of halogens is 2. The van der Waals surface area contributed by atoms with E-state index in [0.29, 0.717) is 5.02 Å². The molecule has 0 aliphatic carbocycles. The lowest BCUT2D eigenvalue weighted by Gasteiger charge is -2.12. The fourth-order valence-electron chi connectivity index (χ4n) is 2.37. The number of hydrogen-bond donors (Lipinski definition) is 2. The molecule has 0 amide bonds. The first-order valence-corrected chi connectivity index (χ1v) is 8.93. The van der Waals surface area contributed by atoms with Crippen LogP contribution >= 0.6 is 27.5 Å². The van der Waals surface area contributed by atoms with Crippen LogP contribution in [0.15, 0.2) is 77.3 Å². The number of nitrogens with one attached hydrogen (secondary N) is 2. The summed E-state index contributed by atoms with van der Waals surface area (Å²) in [6.07, 6.45) is 0. The summed E-state index contributed by atoms with van der Waals surface area (Å²) in [7, 11) is 0. The zero-order chi connectivity index (χ0) is 16.8. The van der Waals surface area contributed by atoms with Gasteiger partial charge in [0.05, 0.1) is 10.7 Å². The highest BCUT2D eigenvalue weighted by atomic mass is 79.9. The summed E-state index contributed by atoms with van der Waals surface area (Å²) in [5.74, 6) is 0. The van der Waals surface area contributed by atoms with Crippen molar-refractivity contribution in [2.75, 3.05) is 10.6 Å². The normalized spacial score (nSPS) is 10.4. The molecular formula is C20H18BrClN2. The second-order valence-corrected chi connectivity index (χ2v) is 6.84. The zero-order valence-corrected chi connectivity index (χ0v) is 15.4. The smallest absolute Gasteiger partial charge is 0.0658 e. The molecule has 3 rings (SSSR count). The van der Waals surface area contributed by atoms with E-state index in [1.807, 2.05) is 48.5 Å². The molecule has 0 saturated heterocycles. The summed E-state index contributed by atoms with van der Waals surface area (Å²) in [6.45, 7) is 1.52. The van der Waals surface area contributed by atoms with Crippen LogP contribution in [0.2, 0.25) is 5.02 Å². The van der Waals surface area contributed by atoms with Gasteiger partial charge in [0.25, 0.3) is 0 Å². The van der Waals surface area contributed by atoms with E-state index in [1.54, 1.807) is 0 Å². The van der Waals surface area contributed by atoms with Gasteiger partial charge >= 0.3 is 0 Å². The minimum Gasteiger partial charge on any atom is -0.381 e. The Bertz CT molecular complexity index is 788. The average molecular weight is 402 g/mol. The first-order chi connectivity index (χ1) is 11.7. The molecule has 2 N–H and O–H groups in total. The van der Waals surface area contributed by atoms with Gasteiger partial charge < -0.3 is 10.6 Å². The summed E-state index contributed by atoms with van der Waals surface area (Å²) in [5.41, 5.74) is 4.40. The zero-order valence-electron chi connectivity index (χ0n) is 13.1. The highest BCUT2D eigenvalue weighted by Crippen LogP contribution is 2.26. The standard InChI is InChI=1S/C20H18BrClN2/c21-17-8-6-16(7-9-17)13-23-18-10-11-20(19(22)12-18)24-14-15-4-2-1-3-5-15/h1-12,23-24H,13-14H2. The Morgan fingerprint density at radius 1 is 0.750 bits per heavy atom. The van der Waals surface area contributed by atoms with Crippen molar-refractivity contribution in [2.24, 2.45) is 0 Å². The lowest BCUT2D eigenvalue weighted by atomic mass is 10.2. The summed E-state index contributed by atoms with van der Waals surface area (Å²) in [4.78, 5) is 0. The molecule has 0 bridgehead atoms. The molecule has 0 aliphatic heterocycles. The van der Waals surface area contributed by atoms with Crippen LogP contribution in [-0.2, 0) is 13.1 Å². The van der Waals surface area contributed by atoms with Crippen LogP contribution in [0.25, 0.3) is 0 Å². The average Bonchev–Trinajstić information content (AvgIpc) is 2.61. The highest BCUT2D eigenvalue weighted by molar-refractivity contribution is 9.10. The Balaban J connectivity index is 1.58. The highest BCUT2D eigenvalue weighted by Gasteiger charge is 2.02. The maximum atomic E-state index is 6.39. The molecular weight excluding hydrogens is 384 g/mol. The van der Waals surface area contributed by atoms with Gasteiger partial charge in [0.2, 0.25) is 0 Å². The lowest BCUT2D eigenvalue weighted by Crippen LogP contribution is -2.02. The van der Waals surface area contributed by atoms with E-state index in [1.165, 1.54) is 11.1 Å². The SMILES string of the molecule is Clc1cc(NCc2ccc(Br)cc2)ccc1NCc1ccccc1. The third-order valence-electron chi connectivity index (χ3n) is 3.70. The number of rotatable bonds is 6. The molecule has 0 aliphatic rings. The van der Waals surface area contributed by atoms with Crippen LogP contribution in [0.5, 0.6) is 0 Å². The summed E-state index contributed by atoms with van der Waals surface area (Å²) in [5, 5.41) is 7.48. The van der Waals surface area contributed by atoms with E-state index in [0.717, 1.165) is 28.9 Å². The van der Waals surface area contributed by atoms with Gasteiger partial charge in [-0.05, 0) is 41.5 Å². The van der Waals surface area contributed by atoms with Crippen LogP contribution in [-0.4, -0.2) is 0 Å². The van der Waals surface area contributed by atoms with Crippen molar-refractivity contribution >= 4 is 38.9 Å². The van der Waals surface area contributed by atoms with Gasteiger partial charge in [-0.1, -0.05) is 70.0 Å². The molecule has 0 fully saturated rings. The van der Waals surface area contributed by atoms with E-state index in [2.05, 4.69) is 50.8 Å². The molecule has 0 radical (unpaired) electrons. The fourth-order valence-corrected chi connectivity index (χ4v) is 2.88. The maximum Gasteiger partial charge on any atom is 0.0658 e. The van der Waals surface area contributed by atoms with Crippen molar-refractivity contribution in [3.8, 4) is 0 Å². The number of benzene rings is 3. The van der Waals surface area contributed by atoms with Crippen molar-refractivity contribution < 1.29 is 0 Å². The van der Waals surface area contributed by atoms with Crippen molar-refractivity contribution in [1.29, 1.82) is 0 Å². The van der Waals surface area contributed by atoms with Crippen LogP contribution in [0.4, 0.5) is 11.4 Å². The van der Waals surface area contributed by atoms with Gasteiger partial charge in [0.1, 0.15) is 0 Å². The Morgan fingerprint density at radius 2 is 1.42 bits per heavy atom. The molecule has 0 heterocycles. The summed E-state index contributed by atoms with van der Waals surface area (Å²) < 4.78 is 1.09. The van der Waals surface area contributed by atoms with E-state index < -0.39 is 0 Å². The molecule has 0 atom stereocenters. The van der Waals surface area contributed by atoms with Crippen LogP contribution in [0.1, 0.15) is 11.1 Å². The summed E-state index contributed by atoms with van der Waals surface area (Å²) >= 11 is 9.84. The molecule has 3 aromatic rings. The lowest BCUT2D eigenvalue weighted by molar-refractivity contribution is 1.14. The molecule has 24 heavy (non-hydrogen) atoms. The topological polar surface area (TPSA) is 24.1 Å². The molecule has 0 spiro atoms. The van der Waals surface area contributed by atoms with Gasteiger partial charge in [-0.3, -0.25) is 0 Å². The van der Waals surface area contributed by atoms with Crippen molar-refractivity contribution in [3.63, 3.8) is 0 Å². The van der Waals surface area contributed by atoms with Crippen LogP contribution in [0.3, 0.4) is 0 Å². The fraction of sp³-hybridized carbons (Fsp3) is 0.100. The molecule has 0 saturated carbocycles. The quantitative estimate of drug-likeness (QED) is 0.504. The first-order valence-electron chi connectivity index (χ1n) is 7.76. The van der Waals surface area contributed by atoms with Gasteiger partial charge in [0.15, 0.2) is 0 Å². The molecule has 4 heteroatoms. The van der Waals surface area contributed by atoms with Crippen molar-refractivity contribution in [2.45, 2.75) is 13.1 Å². The van der Waals surface area contributed by atoms with Gasteiger partial charge in [-0.25, -0.2) is 0 Å². The monoisotopic (exact) mass is 400 g/mol. The predicted octanol–water partition coefficient (Wildman–Crippen LogP) is 6.33. The Kier molecular flexibility index (Phi) is 5.78. The number of anilines is 2. The molecule has 2 nitrogen and oxygen atoms in total. The van der Waals surface area contributed by atoms with E-state index in [-0.39, 0.29) is 0 Å². The van der Waals surface area contributed by atoms with Gasteiger partial charge in [-0.15, -0.1) is 0 Å². The van der Waals surface area contributed by atoms with Crippen LogP contribution < -0.4 is 10.6 Å². The Morgan fingerprint density at radius 3 is 2.12 bits per heavy atom. The minimum atomic E-state index is 0.715. The third-order valence-corrected chi connectivity index (χ3v) is 4.55. The Labute approximate surface area is 156 Å². The van der Waals surface area contributed by atoms with Crippen LogP contribution in [0, 0.1) is 0 Å².